The maximum atomic E-state index is 12.5. The number of nitrogens with two attached hydrogens (primary N) is 1. The number of benzene rings is 1. The molecule has 1 amide bonds. The average Bonchev–Trinajstić information content (AvgIpc) is 2.51. The van der Waals surface area contributed by atoms with Crippen LogP contribution in [0.15, 0.2) is 18.2 Å². The summed E-state index contributed by atoms with van der Waals surface area (Å²) < 4.78 is 10.5. The molecule has 0 fully saturated rings. The summed E-state index contributed by atoms with van der Waals surface area (Å²) in [6.07, 6.45) is 1.91. The van der Waals surface area contributed by atoms with E-state index in [1.807, 2.05) is 32.0 Å². The van der Waals surface area contributed by atoms with Crippen LogP contribution >= 0.6 is 12.4 Å². The topological polar surface area (TPSA) is 73.6 Å². The third kappa shape index (κ3) is 5.59. The lowest BCUT2D eigenvalue weighted by atomic mass is 9.83. The van der Waals surface area contributed by atoms with E-state index >= 15 is 0 Å². The van der Waals surface area contributed by atoms with Gasteiger partial charge in [0.05, 0.1) is 19.6 Å². The predicted molar refractivity (Wildman–Crippen MR) is 95.7 cm³/mol. The molecule has 0 aromatic heterocycles. The van der Waals surface area contributed by atoms with Gasteiger partial charge in [-0.2, -0.15) is 0 Å². The number of amides is 1. The van der Waals surface area contributed by atoms with E-state index < -0.39 is 5.41 Å². The molecule has 0 heterocycles. The number of hydrogen-bond donors (Lipinski definition) is 2. The minimum Gasteiger partial charge on any atom is -0.493 e. The Balaban J connectivity index is 0.00000484. The van der Waals surface area contributed by atoms with Gasteiger partial charge in [0.1, 0.15) is 0 Å². The highest BCUT2D eigenvalue weighted by Crippen LogP contribution is 2.33. The molecule has 23 heavy (non-hydrogen) atoms. The lowest BCUT2D eigenvalue weighted by Gasteiger charge is -2.26. The standard InChI is InChI=1S/C17H28N2O3.ClH/c1-6-7-13(18)11-19-16(20)17(2,3)12-8-9-14(21-4)15(10-12)22-5;/h8-10,13H,6-7,11,18H2,1-5H3,(H,19,20);1H. The quantitative estimate of drug-likeness (QED) is 0.760. The molecule has 132 valence electrons. The van der Waals surface area contributed by atoms with Crippen molar-refractivity contribution in [2.24, 2.45) is 5.73 Å². The van der Waals surface area contributed by atoms with Crippen LogP contribution in [0.5, 0.6) is 11.5 Å². The molecule has 0 saturated heterocycles. The number of ether oxygens (including phenoxy) is 2. The van der Waals surface area contributed by atoms with Gasteiger partial charge in [-0.15, -0.1) is 12.4 Å². The summed E-state index contributed by atoms with van der Waals surface area (Å²) in [5.74, 6) is 1.21. The Hall–Kier alpha value is -1.46. The molecule has 0 aliphatic carbocycles. The molecular weight excluding hydrogens is 316 g/mol. The van der Waals surface area contributed by atoms with Crippen molar-refractivity contribution in [2.45, 2.75) is 45.1 Å². The SMILES string of the molecule is CCCC(N)CNC(=O)C(C)(C)c1ccc(OC)c(OC)c1.Cl. The normalized spacial score (nSPS) is 12.1. The third-order valence-electron chi connectivity index (χ3n) is 3.86. The summed E-state index contributed by atoms with van der Waals surface area (Å²) in [6.45, 7) is 6.34. The predicted octanol–water partition coefficient (Wildman–Crippen LogP) is 2.65. The van der Waals surface area contributed by atoms with Crippen molar-refractivity contribution in [1.29, 1.82) is 0 Å². The van der Waals surface area contributed by atoms with Crippen molar-refractivity contribution in [3.8, 4) is 11.5 Å². The van der Waals surface area contributed by atoms with Gasteiger partial charge >= 0.3 is 0 Å². The number of carbonyl (C=O) groups is 1. The van der Waals surface area contributed by atoms with E-state index in [0.717, 1.165) is 18.4 Å². The van der Waals surface area contributed by atoms with Crippen LogP contribution in [0.2, 0.25) is 0 Å². The van der Waals surface area contributed by atoms with Gasteiger partial charge in [0, 0.05) is 12.6 Å². The molecular formula is C17H29ClN2O3. The van der Waals surface area contributed by atoms with Crippen LogP contribution < -0.4 is 20.5 Å². The molecule has 5 nitrogen and oxygen atoms in total. The van der Waals surface area contributed by atoms with E-state index in [9.17, 15) is 4.79 Å². The van der Waals surface area contributed by atoms with Crippen LogP contribution in [0.25, 0.3) is 0 Å². The summed E-state index contributed by atoms with van der Waals surface area (Å²) in [5.41, 5.74) is 6.14. The first-order valence-corrected chi connectivity index (χ1v) is 7.63. The lowest BCUT2D eigenvalue weighted by Crippen LogP contribution is -2.45. The van der Waals surface area contributed by atoms with E-state index in [1.54, 1.807) is 14.2 Å². The molecule has 3 N–H and O–H groups in total. The number of hydrogen-bond acceptors (Lipinski definition) is 4. The number of halogens is 1. The number of rotatable bonds is 8. The minimum atomic E-state index is -0.675. The highest BCUT2D eigenvalue weighted by atomic mass is 35.5. The van der Waals surface area contributed by atoms with Crippen LogP contribution in [-0.2, 0) is 10.2 Å². The van der Waals surface area contributed by atoms with E-state index in [0.29, 0.717) is 18.0 Å². The zero-order valence-corrected chi connectivity index (χ0v) is 15.5. The molecule has 0 aliphatic heterocycles. The maximum Gasteiger partial charge on any atom is 0.230 e. The lowest BCUT2D eigenvalue weighted by molar-refractivity contribution is -0.125. The Labute approximate surface area is 145 Å². The number of carbonyl (C=O) groups excluding carboxylic acids is 1. The first kappa shape index (κ1) is 21.5. The van der Waals surface area contributed by atoms with Gasteiger partial charge in [0.2, 0.25) is 5.91 Å². The fourth-order valence-corrected chi connectivity index (χ4v) is 2.27. The second-order valence-electron chi connectivity index (χ2n) is 5.95. The molecule has 0 bridgehead atoms. The van der Waals surface area contributed by atoms with E-state index in [1.165, 1.54) is 0 Å². The summed E-state index contributed by atoms with van der Waals surface area (Å²) in [5, 5.41) is 2.94. The van der Waals surface area contributed by atoms with Gasteiger partial charge in [-0.05, 0) is 38.0 Å². The first-order valence-electron chi connectivity index (χ1n) is 7.63. The Bertz CT molecular complexity index is 507. The molecule has 1 unspecified atom stereocenters. The Morgan fingerprint density at radius 1 is 1.26 bits per heavy atom. The fraction of sp³-hybridized carbons (Fsp3) is 0.588. The van der Waals surface area contributed by atoms with Crippen LogP contribution in [0.4, 0.5) is 0 Å². The van der Waals surface area contributed by atoms with Crippen LogP contribution in [0, 0.1) is 0 Å². The molecule has 6 heteroatoms. The van der Waals surface area contributed by atoms with Crippen molar-refractivity contribution in [3.63, 3.8) is 0 Å². The van der Waals surface area contributed by atoms with Gasteiger partial charge < -0.3 is 20.5 Å². The first-order chi connectivity index (χ1) is 10.4. The van der Waals surface area contributed by atoms with E-state index in [2.05, 4.69) is 12.2 Å². The molecule has 1 rings (SSSR count). The van der Waals surface area contributed by atoms with Crippen LogP contribution in [0.1, 0.15) is 39.2 Å². The van der Waals surface area contributed by atoms with E-state index in [-0.39, 0.29) is 24.4 Å². The molecule has 0 radical (unpaired) electrons. The summed E-state index contributed by atoms with van der Waals surface area (Å²) in [6, 6.07) is 5.53. The minimum absolute atomic E-state index is 0. The second kappa shape index (κ2) is 9.63. The van der Waals surface area contributed by atoms with Crippen LogP contribution in [0.3, 0.4) is 0 Å². The average molecular weight is 345 g/mol. The zero-order chi connectivity index (χ0) is 16.8. The van der Waals surface area contributed by atoms with Crippen molar-refractivity contribution in [2.75, 3.05) is 20.8 Å². The summed E-state index contributed by atoms with van der Waals surface area (Å²) in [7, 11) is 3.17. The number of methoxy groups -OCH3 is 2. The van der Waals surface area contributed by atoms with Crippen molar-refractivity contribution in [1.82, 2.24) is 5.32 Å². The Kier molecular flexibility index (Phi) is 9.02. The largest absolute Gasteiger partial charge is 0.493 e. The number of nitrogens with one attached hydrogen (secondary N) is 1. The fourth-order valence-electron chi connectivity index (χ4n) is 2.27. The smallest absolute Gasteiger partial charge is 0.230 e. The highest BCUT2D eigenvalue weighted by Gasteiger charge is 2.30. The van der Waals surface area contributed by atoms with E-state index in [4.69, 9.17) is 15.2 Å². The van der Waals surface area contributed by atoms with Crippen molar-refractivity contribution >= 4 is 18.3 Å². The van der Waals surface area contributed by atoms with Gasteiger partial charge in [-0.1, -0.05) is 19.4 Å². The molecule has 0 saturated carbocycles. The summed E-state index contributed by atoms with van der Waals surface area (Å²) >= 11 is 0. The second-order valence-corrected chi connectivity index (χ2v) is 5.95. The molecule has 0 spiro atoms. The molecule has 0 aliphatic rings. The Morgan fingerprint density at radius 3 is 2.39 bits per heavy atom. The summed E-state index contributed by atoms with van der Waals surface area (Å²) in [4.78, 5) is 12.5. The van der Waals surface area contributed by atoms with Gasteiger partial charge in [-0.3, -0.25) is 4.79 Å². The Morgan fingerprint density at radius 2 is 1.87 bits per heavy atom. The molecule has 1 atom stereocenters. The third-order valence-corrected chi connectivity index (χ3v) is 3.86. The van der Waals surface area contributed by atoms with Crippen molar-refractivity contribution < 1.29 is 14.3 Å². The highest BCUT2D eigenvalue weighted by molar-refractivity contribution is 5.87. The van der Waals surface area contributed by atoms with Gasteiger partial charge in [-0.25, -0.2) is 0 Å². The van der Waals surface area contributed by atoms with Crippen molar-refractivity contribution in [3.05, 3.63) is 23.8 Å². The molecule has 1 aromatic rings. The molecule has 1 aromatic carbocycles. The zero-order valence-electron chi connectivity index (χ0n) is 14.6. The van der Waals surface area contributed by atoms with Gasteiger partial charge in [0.25, 0.3) is 0 Å². The van der Waals surface area contributed by atoms with Gasteiger partial charge in [0.15, 0.2) is 11.5 Å². The van der Waals surface area contributed by atoms with Crippen LogP contribution in [-0.4, -0.2) is 32.7 Å². The maximum absolute atomic E-state index is 12.5. The monoisotopic (exact) mass is 344 g/mol.